The number of aliphatic carboxylic acids is 1. The van der Waals surface area contributed by atoms with Gasteiger partial charge in [-0.05, 0) is 25.1 Å². The Hall–Kier alpha value is -3.09. The van der Waals surface area contributed by atoms with Gasteiger partial charge in [0.15, 0.2) is 5.13 Å². The molecule has 2 heterocycles. The number of carbonyl (C=O) groups excluding carboxylic acids is 2. The number of carboxylic acids is 1. The molecule has 9 nitrogen and oxygen atoms in total. The van der Waals surface area contributed by atoms with E-state index in [9.17, 15) is 22.8 Å². The molecule has 3 rings (SSSR count). The maximum atomic E-state index is 12.6. The van der Waals surface area contributed by atoms with Crippen LogP contribution in [0.2, 0.25) is 0 Å². The summed E-state index contributed by atoms with van der Waals surface area (Å²) < 4.78 is 37.7. The van der Waals surface area contributed by atoms with Gasteiger partial charge in [-0.25, -0.2) is 14.6 Å². The summed E-state index contributed by atoms with van der Waals surface area (Å²) in [6.45, 7) is 4.09. The van der Waals surface area contributed by atoms with Gasteiger partial charge in [0, 0.05) is 31.7 Å². The summed E-state index contributed by atoms with van der Waals surface area (Å²) in [7, 11) is 0. The third-order valence-electron chi connectivity index (χ3n) is 3.99. The first kappa shape index (κ1) is 23.2. The number of alkyl halides is 3. The van der Waals surface area contributed by atoms with Crippen molar-refractivity contribution in [3.05, 3.63) is 23.8 Å². The number of benzene rings is 1. The number of carbonyl (C=O) groups is 3. The van der Waals surface area contributed by atoms with Gasteiger partial charge in [-0.3, -0.25) is 4.79 Å². The third kappa shape index (κ3) is 5.95. The normalized spacial score (nSPS) is 14.1. The smallest absolute Gasteiger partial charge is 0.475 e. The van der Waals surface area contributed by atoms with E-state index in [1.807, 2.05) is 6.07 Å². The second kappa shape index (κ2) is 9.61. The highest BCUT2D eigenvalue weighted by Gasteiger charge is 2.38. The fraction of sp³-hybridized carbons (Fsp3) is 0.412. The van der Waals surface area contributed by atoms with E-state index in [1.54, 1.807) is 28.9 Å². The van der Waals surface area contributed by atoms with Crippen molar-refractivity contribution >= 4 is 44.7 Å². The minimum Gasteiger partial charge on any atom is -0.475 e. The summed E-state index contributed by atoms with van der Waals surface area (Å²) in [5.41, 5.74) is 7.02. The highest BCUT2D eigenvalue weighted by atomic mass is 32.1. The molecule has 1 saturated heterocycles. The molecule has 3 N–H and O–H groups in total. The maximum Gasteiger partial charge on any atom is 0.490 e. The lowest BCUT2D eigenvalue weighted by atomic mass is 10.1. The Bertz CT molecular complexity index is 926. The number of hydrogen-bond donors (Lipinski definition) is 2. The molecule has 0 spiro atoms. The number of piperazine rings is 1. The molecule has 1 fully saturated rings. The van der Waals surface area contributed by atoms with E-state index in [1.165, 1.54) is 11.3 Å². The first-order valence-electron chi connectivity index (χ1n) is 8.70. The predicted octanol–water partition coefficient (Wildman–Crippen LogP) is 2.43. The van der Waals surface area contributed by atoms with Crippen molar-refractivity contribution in [2.75, 3.05) is 38.5 Å². The van der Waals surface area contributed by atoms with Gasteiger partial charge >= 0.3 is 18.2 Å². The van der Waals surface area contributed by atoms with E-state index in [2.05, 4.69) is 4.98 Å². The van der Waals surface area contributed by atoms with Crippen molar-refractivity contribution in [2.24, 2.45) is 0 Å². The first-order chi connectivity index (χ1) is 14.0. The quantitative estimate of drug-likeness (QED) is 0.723. The van der Waals surface area contributed by atoms with Gasteiger partial charge in [-0.15, -0.1) is 0 Å². The van der Waals surface area contributed by atoms with E-state index in [0.29, 0.717) is 43.5 Å². The molecule has 0 unspecified atom stereocenters. The van der Waals surface area contributed by atoms with Crippen molar-refractivity contribution in [1.29, 1.82) is 0 Å². The molecule has 2 amide bonds. The van der Waals surface area contributed by atoms with Gasteiger partial charge in [-0.2, -0.15) is 13.2 Å². The molecule has 164 valence electrons. The van der Waals surface area contributed by atoms with Crippen LogP contribution >= 0.6 is 11.3 Å². The van der Waals surface area contributed by atoms with Crippen molar-refractivity contribution in [3.63, 3.8) is 0 Å². The summed E-state index contributed by atoms with van der Waals surface area (Å²) in [5, 5.41) is 7.62. The van der Waals surface area contributed by atoms with Gasteiger partial charge in [-0.1, -0.05) is 11.3 Å². The van der Waals surface area contributed by atoms with Crippen LogP contribution in [0.15, 0.2) is 18.2 Å². The molecular formula is C17H19F3N4O5S. The predicted molar refractivity (Wildman–Crippen MR) is 102 cm³/mol. The van der Waals surface area contributed by atoms with Crippen LogP contribution in [0.25, 0.3) is 10.2 Å². The number of halogens is 3. The van der Waals surface area contributed by atoms with E-state index in [4.69, 9.17) is 20.4 Å². The van der Waals surface area contributed by atoms with Gasteiger partial charge in [0.1, 0.15) is 0 Å². The van der Waals surface area contributed by atoms with Crippen molar-refractivity contribution < 1.29 is 37.4 Å². The Kier molecular flexibility index (Phi) is 7.43. The molecule has 13 heteroatoms. The lowest BCUT2D eigenvalue weighted by Gasteiger charge is -2.34. The Morgan fingerprint density at radius 1 is 1.20 bits per heavy atom. The molecule has 0 atom stereocenters. The van der Waals surface area contributed by atoms with Crippen molar-refractivity contribution in [1.82, 2.24) is 14.8 Å². The lowest BCUT2D eigenvalue weighted by molar-refractivity contribution is -0.192. The van der Waals surface area contributed by atoms with Crippen molar-refractivity contribution in [3.8, 4) is 0 Å². The number of thiazole rings is 1. The minimum absolute atomic E-state index is 0.0537. The van der Waals surface area contributed by atoms with E-state index in [0.717, 1.165) is 10.2 Å². The molecule has 30 heavy (non-hydrogen) atoms. The molecule has 1 aliphatic rings. The highest BCUT2D eigenvalue weighted by Crippen LogP contribution is 2.25. The summed E-state index contributed by atoms with van der Waals surface area (Å²) in [5.74, 6) is -2.81. The summed E-state index contributed by atoms with van der Waals surface area (Å²) >= 11 is 1.40. The molecule has 0 bridgehead atoms. The fourth-order valence-electron chi connectivity index (χ4n) is 2.57. The zero-order valence-corrected chi connectivity index (χ0v) is 16.6. The number of fused-ring (bicyclic) bond motifs is 1. The Morgan fingerprint density at radius 3 is 2.30 bits per heavy atom. The SMILES string of the molecule is CCOC(=O)N1CCN(C(=O)c2ccc3sc(N)nc3c2)CC1.O=C(O)C(F)(F)F. The van der Waals surface area contributed by atoms with Gasteiger partial charge in [0.05, 0.1) is 16.8 Å². The highest BCUT2D eigenvalue weighted by molar-refractivity contribution is 7.22. The standard InChI is InChI=1S/C15H18N4O3S.C2HF3O2/c1-2-22-15(21)19-7-5-18(6-8-19)13(20)10-3-4-12-11(9-10)17-14(16)23-12;3-2(4,5)1(6)7/h3-4,9H,2,5-8H2,1H3,(H2,16,17);(H,6,7). The Morgan fingerprint density at radius 2 is 1.77 bits per heavy atom. The van der Waals surface area contributed by atoms with Crippen LogP contribution in [0.4, 0.5) is 23.1 Å². The summed E-state index contributed by atoms with van der Waals surface area (Å²) in [4.78, 5) is 40.7. The molecule has 2 aromatic rings. The number of amides is 2. The van der Waals surface area contributed by atoms with Crippen LogP contribution in [-0.2, 0) is 9.53 Å². The number of anilines is 1. The number of ether oxygens (including phenoxy) is 1. The van der Waals surface area contributed by atoms with Crippen LogP contribution < -0.4 is 5.73 Å². The zero-order chi connectivity index (χ0) is 22.5. The van der Waals surface area contributed by atoms with Crippen LogP contribution in [0.1, 0.15) is 17.3 Å². The summed E-state index contributed by atoms with van der Waals surface area (Å²) in [6, 6.07) is 5.42. The van der Waals surface area contributed by atoms with Crippen molar-refractivity contribution in [2.45, 2.75) is 13.1 Å². The second-order valence-electron chi connectivity index (χ2n) is 6.02. The molecular weight excluding hydrogens is 429 g/mol. The fourth-order valence-corrected chi connectivity index (χ4v) is 3.28. The van der Waals surface area contributed by atoms with Crippen LogP contribution in [0.5, 0.6) is 0 Å². The number of nitrogens with zero attached hydrogens (tertiary/aromatic N) is 3. The third-order valence-corrected chi connectivity index (χ3v) is 4.85. The van der Waals surface area contributed by atoms with Gasteiger partial charge in [0.2, 0.25) is 0 Å². The second-order valence-corrected chi connectivity index (χ2v) is 7.08. The number of nitrogens with two attached hydrogens (primary N) is 1. The topological polar surface area (TPSA) is 126 Å². The molecule has 0 saturated carbocycles. The Balaban J connectivity index is 0.000000396. The molecule has 1 aromatic heterocycles. The summed E-state index contributed by atoms with van der Waals surface area (Å²) in [6.07, 6.45) is -5.40. The van der Waals surface area contributed by atoms with E-state index in [-0.39, 0.29) is 12.0 Å². The number of nitrogen functional groups attached to an aromatic ring is 1. The van der Waals surface area contributed by atoms with Gasteiger partial charge in [0.25, 0.3) is 5.91 Å². The minimum atomic E-state index is -5.08. The number of aromatic nitrogens is 1. The molecule has 0 radical (unpaired) electrons. The average molecular weight is 448 g/mol. The zero-order valence-electron chi connectivity index (χ0n) is 15.8. The number of hydrogen-bond acceptors (Lipinski definition) is 7. The van der Waals surface area contributed by atoms with Crippen LogP contribution in [0.3, 0.4) is 0 Å². The largest absolute Gasteiger partial charge is 0.490 e. The monoisotopic (exact) mass is 448 g/mol. The van der Waals surface area contributed by atoms with Crippen LogP contribution in [0, 0.1) is 0 Å². The molecule has 0 aliphatic carbocycles. The van der Waals surface area contributed by atoms with E-state index < -0.39 is 12.1 Å². The molecule has 1 aromatic carbocycles. The van der Waals surface area contributed by atoms with E-state index >= 15 is 0 Å². The maximum absolute atomic E-state index is 12.6. The number of rotatable bonds is 2. The van der Waals surface area contributed by atoms with Crippen LogP contribution in [-0.4, -0.2) is 76.8 Å². The molecule has 1 aliphatic heterocycles. The lowest BCUT2D eigenvalue weighted by Crippen LogP contribution is -2.50. The first-order valence-corrected chi connectivity index (χ1v) is 9.51. The average Bonchev–Trinajstić information content (AvgIpc) is 3.06. The van der Waals surface area contributed by atoms with Gasteiger partial charge < -0.3 is 25.4 Å². The Labute approximate surface area is 172 Å². The number of carboxylic acid groups (broad SMARTS) is 1.